The van der Waals surface area contributed by atoms with Crippen LogP contribution in [0.4, 0.5) is 0 Å². The van der Waals surface area contributed by atoms with Crippen LogP contribution in [0.2, 0.25) is 0 Å². The van der Waals surface area contributed by atoms with Crippen LogP contribution in [0.25, 0.3) is 0 Å². The van der Waals surface area contributed by atoms with Gasteiger partial charge in [-0.05, 0) is 12.8 Å². The smallest absolute Gasteiger partial charge is 0.0804 e. The standard InChI is InChI=1S/C18H40NO/c1-4-5-6-7-8-9-10-11-12-13-14-16-19(2,3)17-15-18-20/h20H,4-18H2,1-3H3/q+1. The third kappa shape index (κ3) is 14.3. The van der Waals surface area contributed by atoms with Gasteiger partial charge >= 0.3 is 0 Å². The van der Waals surface area contributed by atoms with Crippen molar-refractivity contribution in [3.8, 4) is 0 Å². The van der Waals surface area contributed by atoms with E-state index in [9.17, 15) is 0 Å². The molecule has 0 aromatic carbocycles. The molecule has 0 heterocycles. The molecule has 20 heavy (non-hydrogen) atoms. The summed E-state index contributed by atoms with van der Waals surface area (Å²) in [7, 11) is 4.57. The number of nitrogens with zero attached hydrogens (tertiary/aromatic N) is 1. The van der Waals surface area contributed by atoms with Crippen LogP contribution in [-0.2, 0) is 0 Å². The Morgan fingerprint density at radius 1 is 0.600 bits per heavy atom. The average molecular weight is 287 g/mol. The fourth-order valence-electron chi connectivity index (χ4n) is 2.81. The first-order valence-corrected chi connectivity index (χ1v) is 9.05. The number of rotatable bonds is 15. The molecular formula is C18H40NO+. The van der Waals surface area contributed by atoms with Crippen LogP contribution < -0.4 is 0 Å². The highest BCUT2D eigenvalue weighted by Gasteiger charge is 2.12. The van der Waals surface area contributed by atoms with Crippen molar-refractivity contribution >= 4 is 0 Å². The number of quaternary nitrogens is 1. The molecule has 2 nitrogen and oxygen atoms in total. The highest BCUT2D eigenvalue weighted by atomic mass is 16.3. The maximum atomic E-state index is 8.88. The van der Waals surface area contributed by atoms with Gasteiger partial charge in [-0.2, -0.15) is 0 Å². The van der Waals surface area contributed by atoms with Gasteiger partial charge in [0.2, 0.25) is 0 Å². The Kier molecular flexibility index (Phi) is 13.8. The second-order valence-corrected chi connectivity index (χ2v) is 7.00. The third-order valence-electron chi connectivity index (χ3n) is 4.29. The summed E-state index contributed by atoms with van der Waals surface area (Å²) in [4.78, 5) is 0. The van der Waals surface area contributed by atoms with E-state index in [-0.39, 0.29) is 0 Å². The second-order valence-electron chi connectivity index (χ2n) is 7.00. The molecule has 0 aliphatic carbocycles. The lowest BCUT2D eigenvalue weighted by Crippen LogP contribution is -2.41. The molecule has 0 atom stereocenters. The molecule has 0 aliphatic heterocycles. The number of aliphatic hydroxyl groups is 1. The van der Waals surface area contributed by atoms with Gasteiger partial charge in [-0.25, -0.2) is 0 Å². The Morgan fingerprint density at radius 3 is 1.45 bits per heavy atom. The number of unbranched alkanes of at least 4 members (excludes halogenated alkanes) is 10. The highest BCUT2D eigenvalue weighted by Crippen LogP contribution is 2.12. The highest BCUT2D eigenvalue weighted by molar-refractivity contribution is 4.48. The van der Waals surface area contributed by atoms with Gasteiger partial charge in [0.1, 0.15) is 0 Å². The minimum atomic E-state index is 0.333. The van der Waals surface area contributed by atoms with Crippen molar-refractivity contribution in [1.82, 2.24) is 0 Å². The van der Waals surface area contributed by atoms with Crippen LogP contribution >= 0.6 is 0 Å². The van der Waals surface area contributed by atoms with E-state index >= 15 is 0 Å². The molecule has 0 amide bonds. The minimum Gasteiger partial charge on any atom is -0.396 e. The summed E-state index contributed by atoms with van der Waals surface area (Å²) in [6, 6.07) is 0. The van der Waals surface area contributed by atoms with E-state index in [4.69, 9.17) is 5.11 Å². The monoisotopic (exact) mass is 286 g/mol. The Bertz CT molecular complexity index is 192. The summed E-state index contributed by atoms with van der Waals surface area (Å²) in [6.07, 6.45) is 16.5. The van der Waals surface area contributed by atoms with E-state index in [1.54, 1.807) is 0 Å². The average Bonchev–Trinajstić information content (AvgIpc) is 2.42. The second kappa shape index (κ2) is 13.9. The van der Waals surface area contributed by atoms with Gasteiger partial charge in [0.05, 0.1) is 27.2 Å². The SMILES string of the molecule is CCCCCCCCCCCCC[N+](C)(C)CCCO. The van der Waals surface area contributed by atoms with Crippen molar-refractivity contribution in [2.45, 2.75) is 84.0 Å². The predicted octanol–water partition coefficient (Wildman–Crippen LogP) is 4.76. The predicted molar refractivity (Wildman–Crippen MR) is 90.0 cm³/mol. The van der Waals surface area contributed by atoms with Crippen molar-refractivity contribution in [3.05, 3.63) is 0 Å². The third-order valence-corrected chi connectivity index (χ3v) is 4.29. The summed E-state index contributed by atoms with van der Waals surface area (Å²) in [5.74, 6) is 0. The number of aliphatic hydroxyl groups excluding tert-OH is 1. The molecule has 1 N–H and O–H groups in total. The molecule has 0 radical (unpaired) electrons. The molecule has 0 unspecified atom stereocenters. The summed E-state index contributed by atoms with van der Waals surface area (Å²) in [6.45, 7) is 4.98. The zero-order chi connectivity index (χ0) is 15.1. The summed E-state index contributed by atoms with van der Waals surface area (Å²) in [5, 5.41) is 8.88. The summed E-state index contributed by atoms with van der Waals surface area (Å²) >= 11 is 0. The lowest BCUT2D eigenvalue weighted by Gasteiger charge is -2.29. The first-order chi connectivity index (χ1) is 9.62. The van der Waals surface area contributed by atoms with Gasteiger partial charge < -0.3 is 9.59 Å². The molecule has 0 aromatic heterocycles. The van der Waals surface area contributed by atoms with E-state index in [0.717, 1.165) is 17.4 Å². The molecular weight excluding hydrogens is 246 g/mol. The quantitative estimate of drug-likeness (QED) is 0.340. The van der Waals surface area contributed by atoms with Crippen LogP contribution in [0.5, 0.6) is 0 Å². The molecule has 0 rings (SSSR count). The van der Waals surface area contributed by atoms with Crippen molar-refractivity contribution in [1.29, 1.82) is 0 Å². The Balaban J connectivity index is 3.20. The Hall–Kier alpha value is -0.0800. The number of hydrogen-bond donors (Lipinski definition) is 1. The molecule has 0 fully saturated rings. The molecule has 2 heteroatoms. The molecule has 122 valence electrons. The fourth-order valence-corrected chi connectivity index (χ4v) is 2.81. The zero-order valence-corrected chi connectivity index (χ0v) is 14.5. The van der Waals surface area contributed by atoms with Crippen LogP contribution in [0, 0.1) is 0 Å². The van der Waals surface area contributed by atoms with Crippen LogP contribution in [0.1, 0.15) is 84.0 Å². The van der Waals surface area contributed by atoms with Crippen LogP contribution in [0.3, 0.4) is 0 Å². The normalized spacial score (nSPS) is 12.0. The zero-order valence-electron chi connectivity index (χ0n) is 14.5. The maximum absolute atomic E-state index is 8.88. The maximum Gasteiger partial charge on any atom is 0.0804 e. The van der Waals surface area contributed by atoms with Crippen molar-refractivity contribution in [3.63, 3.8) is 0 Å². The molecule has 0 aromatic rings. The van der Waals surface area contributed by atoms with Crippen molar-refractivity contribution in [2.75, 3.05) is 33.8 Å². The van der Waals surface area contributed by atoms with Crippen LogP contribution in [0.15, 0.2) is 0 Å². The van der Waals surface area contributed by atoms with Gasteiger partial charge in [-0.3, -0.25) is 0 Å². The Labute approximate surface area is 128 Å². The van der Waals surface area contributed by atoms with E-state index in [0.29, 0.717) is 6.61 Å². The first-order valence-electron chi connectivity index (χ1n) is 9.05. The van der Waals surface area contributed by atoms with E-state index < -0.39 is 0 Å². The number of hydrogen-bond acceptors (Lipinski definition) is 1. The largest absolute Gasteiger partial charge is 0.396 e. The Morgan fingerprint density at radius 2 is 1.00 bits per heavy atom. The van der Waals surface area contributed by atoms with Gasteiger partial charge in [0.25, 0.3) is 0 Å². The topological polar surface area (TPSA) is 20.2 Å². The van der Waals surface area contributed by atoms with Gasteiger partial charge in [0, 0.05) is 13.0 Å². The lowest BCUT2D eigenvalue weighted by molar-refractivity contribution is -0.890. The molecule has 0 aliphatic rings. The van der Waals surface area contributed by atoms with E-state index in [2.05, 4.69) is 21.0 Å². The fraction of sp³-hybridized carbons (Fsp3) is 1.00. The van der Waals surface area contributed by atoms with Crippen LogP contribution in [-0.4, -0.2) is 43.4 Å². The summed E-state index contributed by atoms with van der Waals surface area (Å²) < 4.78 is 1.07. The lowest BCUT2D eigenvalue weighted by atomic mass is 10.1. The van der Waals surface area contributed by atoms with E-state index in [1.807, 2.05) is 0 Å². The molecule has 0 spiro atoms. The minimum absolute atomic E-state index is 0.333. The van der Waals surface area contributed by atoms with Crippen molar-refractivity contribution in [2.24, 2.45) is 0 Å². The van der Waals surface area contributed by atoms with E-state index in [1.165, 1.54) is 77.2 Å². The molecule has 0 bridgehead atoms. The summed E-state index contributed by atoms with van der Waals surface area (Å²) in [5.41, 5.74) is 0. The molecule has 0 saturated carbocycles. The van der Waals surface area contributed by atoms with Gasteiger partial charge in [0.15, 0.2) is 0 Å². The molecule has 0 saturated heterocycles. The first kappa shape index (κ1) is 19.9. The van der Waals surface area contributed by atoms with Gasteiger partial charge in [-0.15, -0.1) is 0 Å². The van der Waals surface area contributed by atoms with Crippen molar-refractivity contribution < 1.29 is 9.59 Å². The van der Waals surface area contributed by atoms with Gasteiger partial charge in [-0.1, -0.05) is 64.7 Å².